The maximum Gasteiger partial charge on any atom is 0.0385 e. The van der Waals surface area contributed by atoms with E-state index in [0.717, 1.165) is 5.92 Å². The minimum Gasteiger partial charge on any atom is -0.347 e. The first kappa shape index (κ1) is 10.8. The lowest BCUT2D eigenvalue weighted by Crippen LogP contribution is -2.27. The van der Waals surface area contributed by atoms with E-state index >= 15 is 0 Å². The van der Waals surface area contributed by atoms with Crippen molar-refractivity contribution in [2.24, 2.45) is 0 Å². The van der Waals surface area contributed by atoms with Crippen molar-refractivity contribution >= 4 is 0 Å². The van der Waals surface area contributed by atoms with Crippen LogP contribution in [-0.4, -0.2) is 4.57 Å². The van der Waals surface area contributed by atoms with Gasteiger partial charge in [0.05, 0.1) is 0 Å². The largest absolute Gasteiger partial charge is 0.347 e. The second-order valence-electron chi connectivity index (χ2n) is 5.63. The monoisotopic (exact) mass is 205 g/mol. The fraction of sp³-hybridized carbons (Fsp3) is 0.714. The van der Waals surface area contributed by atoms with Crippen LogP contribution in [0.25, 0.3) is 0 Å². The van der Waals surface area contributed by atoms with Gasteiger partial charge in [-0.05, 0) is 29.9 Å². The molecule has 0 fully saturated rings. The zero-order chi connectivity index (χ0) is 11.3. The van der Waals surface area contributed by atoms with E-state index in [1.807, 2.05) is 0 Å². The summed E-state index contributed by atoms with van der Waals surface area (Å²) in [5, 5.41) is 0. The number of hydrogen-bond donors (Lipinski definition) is 0. The normalized spacial score (nSPS) is 24.5. The average Bonchev–Trinajstić information content (AvgIpc) is 2.53. The number of hydrogen-bond acceptors (Lipinski definition) is 0. The summed E-state index contributed by atoms with van der Waals surface area (Å²) in [5.74, 6) is 2.06. The Morgan fingerprint density at radius 2 is 1.67 bits per heavy atom. The molecular weight excluding hydrogens is 182 g/mol. The van der Waals surface area contributed by atoms with Gasteiger partial charge in [0, 0.05) is 23.9 Å². The lowest BCUT2D eigenvalue weighted by atomic mass is 9.84. The third-order valence-electron chi connectivity index (χ3n) is 3.94. The first-order valence-electron chi connectivity index (χ1n) is 6.19. The molecule has 0 N–H and O–H groups in total. The van der Waals surface area contributed by atoms with Gasteiger partial charge in [-0.1, -0.05) is 34.6 Å². The standard InChI is InChI=1S/C14H23N/c1-8(2)12-7-15-11(6)10(5)14(15)13(12)9(3)4/h7-11H,1-6H3. The van der Waals surface area contributed by atoms with E-state index in [2.05, 4.69) is 52.3 Å². The summed E-state index contributed by atoms with van der Waals surface area (Å²) in [6, 6.07) is 0.699. The second-order valence-corrected chi connectivity index (χ2v) is 5.63. The summed E-state index contributed by atoms with van der Waals surface area (Å²) in [6.07, 6.45) is 2.39. The zero-order valence-electron chi connectivity index (χ0n) is 10.8. The van der Waals surface area contributed by atoms with Crippen molar-refractivity contribution in [2.75, 3.05) is 0 Å². The molecule has 2 atom stereocenters. The Kier molecular flexibility index (Phi) is 2.44. The second kappa shape index (κ2) is 3.40. The Morgan fingerprint density at radius 3 is 2.13 bits per heavy atom. The van der Waals surface area contributed by atoms with Gasteiger partial charge in [0.15, 0.2) is 0 Å². The lowest BCUT2D eigenvalue weighted by molar-refractivity contribution is 0.348. The van der Waals surface area contributed by atoms with E-state index in [0.29, 0.717) is 17.9 Å². The van der Waals surface area contributed by atoms with Crippen molar-refractivity contribution < 1.29 is 0 Å². The first-order chi connectivity index (χ1) is 6.95. The smallest absolute Gasteiger partial charge is 0.0385 e. The Balaban J connectivity index is 2.55. The van der Waals surface area contributed by atoms with Gasteiger partial charge >= 0.3 is 0 Å². The van der Waals surface area contributed by atoms with E-state index in [1.54, 1.807) is 16.8 Å². The van der Waals surface area contributed by atoms with E-state index < -0.39 is 0 Å². The summed E-state index contributed by atoms with van der Waals surface area (Å²) >= 11 is 0. The molecule has 1 aromatic heterocycles. The molecule has 0 aliphatic carbocycles. The van der Waals surface area contributed by atoms with Crippen LogP contribution in [0, 0.1) is 0 Å². The molecule has 1 aliphatic rings. The molecule has 1 heteroatoms. The van der Waals surface area contributed by atoms with E-state index in [9.17, 15) is 0 Å². The van der Waals surface area contributed by atoms with Crippen molar-refractivity contribution in [1.82, 2.24) is 4.57 Å². The van der Waals surface area contributed by atoms with Crippen LogP contribution >= 0.6 is 0 Å². The molecule has 0 spiro atoms. The van der Waals surface area contributed by atoms with Crippen LogP contribution in [0.2, 0.25) is 0 Å². The van der Waals surface area contributed by atoms with Gasteiger partial charge in [0.2, 0.25) is 0 Å². The molecule has 1 aliphatic heterocycles. The van der Waals surface area contributed by atoms with Crippen molar-refractivity contribution in [1.29, 1.82) is 0 Å². The van der Waals surface area contributed by atoms with Crippen LogP contribution < -0.4 is 0 Å². The molecule has 0 bridgehead atoms. The highest BCUT2D eigenvalue weighted by molar-refractivity contribution is 5.43. The van der Waals surface area contributed by atoms with Crippen molar-refractivity contribution in [3.05, 3.63) is 23.0 Å². The first-order valence-corrected chi connectivity index (χ1v) is 6.19. The van der Waals surface area contributed by atoms with Gasteiger partial charge in [-0.3, -0.25) is 0 Å². The highest BCUT2D eigenvalue weighted by Crippen LogP contribution is 2.47. The molecule has 0 amide bonds. The maximum atomic E-state index is 2.48. The molecule has 0 radical (unpaired) electrons. The number of rotatable bonds is 2. The number of aromatic nitrogens is 1. The molecule has 0 saturated carbocycles. The molecule has 2 unspecified atom stereocenters. The van der Waals surface area contributed by atoms with Gasteiger partial charge < -0.3 is 4.57 Å². The fourth-order valence-corrected chi connectivity index (χ4v) is 2.87. The van der Waals surface area contributed by atoms with Crippen molar-refractivity contribution in [3.63, 3.8) is 0 Å². The summed E-state index contributed by atoms with van der Waals surface area (Å²) < 4.78 is 2.48. The number of nitrogens with zero attached hydrogens (tertiary/aromatic N) is 1. The Hall–Kier alpha value is -0.720. The van der Waals surface area contributed by atoms with Gasteiger partial charge in [-0.2, -0.15) is 0 Å². The summed E-state index contributed by atoms with van der Waals surface area (Å²) in [4.78, 5) is 0. The van der Waals surface area contributed by atoms with Gasteiger partial charge in [-0.25, -0.2) is 0 Å². The predicted molar refractivity (Wildman–Crippen MR) is 65.7 cm³/mol. The Morgan fingerprint density at radius 1 is 1.07 bits per heavy atom. The van der Waals surface area contributed by atoms with Crippen LogP contribution in [0.3, 0.4) is 0 Å². The zero-order valence-corrected chi connectivity index (χ0v) is 10.8. The quantitative estimate of drug-likeness (QED) is 0.674. The van der Waals surface area contributed by atoms with E-state index in [4.69, 9.17) is 0 Å². The molecule has 2 rings (SSSR count). The highest BCUT2D eigenvalue weighted by atomic mass is 15.1. The SMILES string of the molecule is CC(C)c1cn2c(c1C(C)C)C(C)C2C. The summed E-state index contributed by atoms with van der Waals surface area (Å²) in [7, 11) is 0. The van der Waals surface area contributed by atoms with Crippen molar-refractivity contribution in [2.45, 2.75) is 65.3 Å². The topological polar surface area (TPSA) is 4.93 Å². The minimum atomic E-state index is 0.653. The fourth-order valence-electron chi connectivity index (χ4n) is 2.87. The van der Waals surface area contributed by atoms with Gasteiger partial charge in [0.25, 0.3) is 0 Å². The van der Waals surface area contributed by atoms with Crippen LogP contribution in [0.5, 0.6) is 0 Å². The lowest BCUT2D eigenvalue weighted by Gasteiger charge is -2.36. The van der Waals surface area contributed by atoms with Crippen LogP contribution in [0.4, 0.5) is 0 Å². The average molecular weight is 205 g/mol. The van der Waals surface area contributed by atoms with Crippen LogP contribution in [0.1, 0.15) is 82.2 Å². The summed E-state index contributed by atoms with van der Waals surface area (Å²) in [6.45, 7) is 13.9. The molecule has 15 heavy (non-hydrogen) atoms. The maximum absolute atomic E-state index is 2.48. The van der Waals surface area contributed by atoms with Crippen LogP contribution in [-0.2, 0) is 0 Å². The summed E-state index contributed by atoms with van der Waals surface area (Å²) in [5.41, 5.74) is 4.79. The molecule has 0 saturated heterocycles. The molecule has 1 nitrogen and oxygen atoms in total. The number of fused-ring (bicyclic) bond motifs is 1. The third-order valence-corrected chi connectivity index (χ3v) is 3.94. The molecule has 1 aromatic rings. The van der Waals surface area contributed by atoms with E-state index in [1.165, 1.54) is 0 Å². The molecule has 2 heterocycles. The Bertz CT molecular complexity index is 371. The van der Waals surface area contributed by atoms with Crippen LogP contribution in [0.15, 0.2) is 6.20 Å². The minimum absolute atomic E-state index is 0.653. The third kappa shape index (κ3) is 1.36. The van der Waals surface area contributed by atoms with Gasteiger partial charge in [-0.15, -0.1) is 0 Å². The predicted octanol–water partition coefficient (Wildman–Crippen LogP) is 4.41. The van der Waals surface area contributed by atoms with Gasteiger partial charge in [0.1, 0.15) is 0 Å². The Labute approximate surface area is 93.5 Å². The van der Waals surface area contributed by atoms with Crippen molar-refractivity contribution in [3.8, 4) is 0 Å². The molecule has 84 valence electrons. The highest BCUT2D eigenvalue weighted by Gasteiger charge is 2.35. The van der Waals surface area contributed by atoms with E-state index in [-0.39, 0.29) is 0 Å². The molecular formula is C14H23N. The molecule has 0 aromatic carbocycles.